The highest BCUT2D eigenvalue weighted by Crippen LogP contribution is 2.60. The van der Waals surface area contributed by atoms with Crippen LogP contribution in [0.5, 0.6) is 0 Å². The van der Waals surface area contributed by atoms with E-state index in [0.717, 1.165) is 29.3 Å². The van der Waals surface area contributed by atoms with Gasteiger partial charge in [-0.2, -0.15) is 21.8 Å². The Kier molecular flexibility index (Phi) is 14.2. The van der Waals surface area contributed by atoms with Crippen LogP contribution in [-0.2, 0) is 20.4 Å². The highest BCUT2D eigenvalue weighted by Gasteiger charge is 2.44. The third-order valence-corrected chi connectivity index (χ3v) is 13.9. The number of hydrogen-bond acceptors (Lipinski definition) is 8. The first-order chi connectivity index (χ1) is 21.1. The van der Waals surface area contributed by atoms with Crippen molar-refractivity contribution in [1.29, 1.82) is 0 Å². The lowest BCUT2D eigenvalue weighted by Gasteiger charge is -2.37. The monoisotopic (exact) mass is 667 g/mol. The number of fused-ring (bicyclic) bond motifs is 3. The molecule has 2 saturated carbocycles. The van der Waals surface area contributed by atoms with Crippen molar-refractivity contribution in [3.63, 3.8) is 0 Å². The van der Waals surface area contributed by atoms with Crippen molar-refractivity contribution in [3.8, 4) is 11.2 Å². The highest BCUT2D eigenvalue weighted by molar-refractivity contribution is 8.37. The molecule has 0 aliphatic heterocycles. The molecule has 5 atom stereocenters. The molecule has 4 rings (SSSR count). The Labute approximate surface area is 270 Å². The molecule has 44 heavy (non-hydrogen) atoms. The molecule has 2 heterocycles. The summed E-state index contributed by atoms with van der Waals surface area (Å²) in [4.78, 5) is 22.5. The van der Waals surface area contributed by atoms with Crippen LogP contribution in [0.2, 0.25) is 0 Å². The number of rotatable bonds is 20. The zero-order chi connectivity index (χ0) is 31.4. The van der Waals surface area contributed by atoms with Crippen molar-refractivity contribution in [2.45, 2.75) is 108 Å². The Balaban J connectivity index is 0.927. The van der Waals surface area contributed by atoms with E-state index in [4.69, 9.17) is 15.0 Å². The van der Waals surface area contributed by atoms with Gasteiger partial charge in [0.2, 0.25) is 0 Å². The van der Waals surface area contributed by atoms with Crippen LogP contribution in [0.1, 0.15) is 90.4 Å². The Hall–Kier alpha value is -1.28. The highest BCUT2D eigenvalue weighted by atomic mass is 32.3. The Bertz CT molecular complexity index is 1280. The molecule has 0 spiro atoms. The van der Waals surface area contributed by atoms with Gasteiger partial charge in [0.1, 0.15) is 18.2 Å². The first kappa shape index (κ1) is 35.6. The average Bonchev–Trinajstić information content (AvgIpc) is 3.73. The van der Waals surface area contributed by atoms with Gasteiger partial charge in [-0.1, -0.05) is 56.1 Å². The van der Waals surface area contributed by atoms with Crippen molar-refractivity contribution in [3.05, 3.63) is 12.7 Å². The van der Waals surface area contributed by atoms with Crippen molar-refractivity contribution in [2.24, 2.45) is 11.8 Å². The van der Waals surface area contributed by atoms with Crippen LogP contribution >= 0.6 is 29.4 Å². The summed E-state index contributed by atoms with van der Waals surface area (Å²) in [5.41, 5.74) is 6.95. The molecule has 2 aliphatic rings. The van der Waals surface area contributed by atoms with Gasteiger partial charge in [-0.15, -0.1) is 0 Å². The van der Waals surface area contributed by atoms with Crippen molar-refractivity contribution in [2.75, 3.05) is 42.7 Å². The fourth-order valence-corrected chi connectivity index (χ4v) is 11.1. The summed E-state index contributed by atoms with van der Waals surface area (Å²) in [7, 11) is -4.55. The average molecular weight is 668 g/mol. The maximum Gasteiger partial charge on any atom is 0.353 e. The van der Waals surface area contributed by atoms with E-state index in [0.29, 0.717) is 29.3 Å². The molecule has 9 nitrogen and oxygen atoms in total. The second-order valence-electron chi connectivity index (χ2n) is 13.0. The quantitative estimate of drug-likeness (QED) is 0.0842. The fourth-order valence-electron chi connectivity index (χ4n) is 6.66. The summed E-state index contributed by atoms with van der Waals surface area (Å²) in [6, 6.07) is 0. The second-order valence-corrected chi connectivity index (χ2v) is 19.6. The van der Waals surface area contributed by atoms with E-state index in [2.05, 4.69) is 38.6 Å². The number of thioether (sulfide) groups is 1. The maximum atomic E-state index is 12.4. The van der Waals surface area contributed by atoms with E-state index >= 15 is 0 Å². The number of ether oxygens (including phenoxy) is 1. The van der Waals surface area contributed by atoms with E-state index in [-0.39, 0.29) is 19.1 Å². The minimum atomic E-state index is -3.81. The molecule has 2 bridgehead atoms. The van der Waals surface area contributed by atoms with E-state index in [1.165, 1.54) is 83.4 Å². The van der Waals surface area contributed by atoms with Crippen LogP contribution in [0, 0.1) is 23.0 Å². The third-order valence-electron chi connectivity index (χ3n) is 9.03. The molecule has 0 radical (unpaired) electrons. The molecule has 12 heteroatoms. The smallest absolute Gasteiger partial charge is 0.353 e. The lowest BCUT2D eigenvalue weighted by atomic mass is 10.0. The van der Waals surface area contributed by atoms with Crippen molar-refractivity contribution in [1.82, 2.24) is 19.5 Å². The molecule has 0 saturated heterocycles. The van der Waals surface area contributed by atoms with Crippen LogP contribution in [0.15, 0.2) is 12.7 Å². The van der Waals surface area contributed by atoms with E-state index in [1.807, 2.05) is 6.92 Å². The lowest BCUT2D eigenvalue weighted by molar-refractivity contribution is 0.0724. The van der Waals surface area contributed by atoms with Gasteiger partial charge in [0.05, 0.1) is 25.6 Å². The molecule has 2 aliphatic carbocycles. The number of nitrogen functional groups attached to an aromatic ring is 1. The summed E-state index contributed by atoms with van der Waals surface area (Å²) >= 11 is 1.77. The molecule has 3 N–H and O–H groups in total. The summed E-state index contributed by atoms with van der Waals surface area (Å²) in [6.45, 7) is 2.48. The molecule has 2 aromatic rings. The van der Waals surface area contributed by atoms with Gasteiger partial charge >= 0.3 is 7.60 Å². The molecular weight excluding hydrogens is 613 g/mol. The third kappa shape index (κ3) is 11.2. The van der Waals surface area contributed by atoms with Crippen LogP contribution in [0.25, 0.3) is 11.2 Å². The maximum absolute atomic E-state index is 12.4. The van der Waals surface area contributed by atoms with Gasteiger partial charge in [-0.05, 0) is 69.1 Å². The molecule has 4 unspecified atom stereocenters. The summed E-state index contributed by atoms with van der Waals surface area (Å²) < 4.78 is 25.0. The second kappa shape index (κ2) is 17.6. The summed E-state index contributed by atoms with van der Waals surface area (Å²) in [5, 5.41) is 4.66. The summed E-state index contributed by atoms with van der Waals surface area (Å²) in [5.74, 6) is 7.64. The zero-order valence-corrected chi connectivity index (χ0v) is 29.5. The van der Waals surface area contributed by atoms with Gasteiger partial charge in [-0.25, -0.2) is 15.0 Å². The summed E-state index contributed by atoms with van der Waals surface area (Å²) in [6.07, 6.45) is 24.4. The minimum Gasteiger partial charge on any atom is -0.382 e. The predicted octanol–water partition coefficient (Wildman–Crippen LogP) is 7.43. The van der Waals surface area contributed by atoms with Gasteiger partial charge in [0.25, 0.3) is 0 Å². The Morgan fingerprint density at radius 3 is 2.57 bits per heavy atom. The van der Waals surface area contributed by atoms with Crippen molar-refractivity contribution < 1.29 is 18.7 Å². The van der Waals surface area contributed by atoms with Crippen molar-refractivity contribution >= 4 is 46.4 Å². The van der Waals surface area contributed by atoms with Gasteiger partial charge in [-0.3, -0.25) is 4.57 Å². The molecule has 0 amide bonds. The molecular formula is C32H54N5O4PS2. The predicted molar refractivity (Wildman–Crippen MR) is 186 cm³/mol. The van der Waals surface area contributed by atoms with E-state index < -0.39 is 17.6 Å². The molecule has 248 valence electrons. The number of aromatic nitrogens is 4. The topological polar surface area (TPSA) is 125 Å². The molecule has 0 aromatic carbocycles. The fraction of sp³-hybridized carbons (Fsp3) is 0.781. The number of anilines is 1. The van der Waals surface area contributed by atoms with E-state index in [9.17, 15) is 9.46 Å². The van der Waals surface area contributed by atoms with Crippen LogP contribution in [0.4, 0.5) is 5.82 Å². The minimum absolute atomic E-state index is 0.239. The zero-order valence-electron chi connectivity index (χ0n) is 27.0. The molecule has 2 aromatic heterocycles. The largest absolute Gasteiger partial charge is 0.382 e. The first-order valence-corrected chi connectivity index (χ1v) is 21.9. The van der Waals surface area contributed by atoms with Gasteiger partial charge in [0.15, 0.2) is 11.5 Å². The Morgan fingerprint density at radius 1 is 1.09 bits per heavy atom. The number of nitrogens with two attached hydrogens (primary N) is 1. The van der Waals surface area contributed by atoms with E-state index in [1.54, 1.807) is 22.7 Å². The van der Waals surface area contributed by atoms with Crippen LogP contribution < -0.4 is 5.73 Å². The number of hydrogen-bond donors (Lipinski definition) is 2. The lowest BCUT2D eigenvalue weighted by Crippen LogP contribution is -2.22. The van der Waals surface area contributed by atoms with Crippen LogP contribution in [-0.4, -0.2) is 72.7 Å². The SMILES string of the molecule is C[C@H](Cn1cnc2c(N)ncnc21)OCP(=O)(O)OCCSCCCCCCCCCCC#CS(C)(C)C1CC2CCC1C2. The van der Waals surface area contributed by atoms with Gasteiger partial charge in [0, 0.05) is 17.4 Å². The standard InChI is InChI=1S/C32H54N5O4PS2/c1-26(22-37-24-36-30-31(33)34-23-35-32(30)37)40-25-42(38,39)41-16-18-43-17-12-10-8-6-4-5-7-9-11-13-19-44(2,3)29-21-27-14-15-28(29)20-27/h23-24,26-29H,4-12,14-18,20-22,25H2,1-3H3,(H,38,39)(H2,33,34,35)/t26-,27?,28?,29?/m1/s1. The number of nitrogens with zero attached hydrogens (tertiary/aromatic N) is 4. The first-order valence-electron chi connectivity index (χ1n) is 16.4. The number of imidazole rings is 1. The number of unbranched alkanes of at least 4 members (excludes halogenated alkanes) is 8. The van der Waals surface area contributed by atoms with Crippen LogP contribution in [0.3, 0.4) is 0 Å². The van der Waals surface area contributed by atoms with Gasteiger partial charge < -0.3 is 24.5 Å². The normalized spacial score (nSPS) is 22.1. The Morgan fingerprint density at radius 2 is 1.84 bits per heavy atom. The molecule has 2 fully saturated rings.